The van der Waals surface area contributed by atoms with Gasteiger partial charge in [0.25, 0.3) is 0 Å². The van der Waals surface area contributed by atoms with Gasteiger partial charge in [0.05, 0.1) is 0 Å². The Labute approximate surface area is 69.1 Å². The molecular weight excluding hydrogens is 148 g/mol. The summed E-state index contributed by atoms with van der Waals surface area (Å²) >= 11 is 0. The van der Waals surface area contributed by atoms with Gasteiger partial charge in [0.2, 0.25) is 0 Å². The van der Waals surface area contributed by atoms with E-state index in [1.807, 2.05) is 5.01 Å². The highest BCUT2D eigenvalue weighted by Crippen LogP contribution is 2.23. The van der Waals surface area contributed by atoms with Gasteiger partial charge in [0.1, 0.15) is 0 Å². The normalized spacial score (nSPS) is 25.5. The Kier molecular flexibility index (Phi) is 3.63. The van der Waals surface area contributed by atoms with Crippen LogP contribution in [0.3, 0.4) is 0 Å². The second-order valence-corrected chi connectivity index (χ2v) is 3.46. The Morgan fingerprint density at radius 2 is 1.90 bits per heavy atom. The molecule has 1 aliphatic rings. The van der Waals surface area contributed by atoms with Crippen molar-refractivity contribution in [3.63, 3.8) is 0 Å². The van der Waals surface area contributed by atoms with Gasteiger partial charge in [0, 0.05) is 12.1 Å². The highest BCUT2D eigenvalue weighted by molar-refractivity contribution is 5.85. The van der Waals surface area contributed by atoms with Crippen molar-refractivity contribution in [3.05, 3.63) is 0 Å². The summed E-state index contributed by atoms with van der Waals surface area (Å²) in [5, 5.41) is 1.95. The minimum absolute atomic E-state index is 0. The van der Waals surface area contributed by atoms with Gasteiger partial charge in [-0.15, -0.1) is 12.4 Å². The summed E-state index contributed by atoms with van der Waals surface area (Å²) in [5.41, 5.74) is 0.248. The van der Waals surface area contributed by atoms with Crippen LogP contribution in [0, 0.1) is 0 Å². The van der Waals surface area contributed by atoms with Gasteiger partial charge in [0.15, 0.2) is 0 Å². The van der Waals surface area contributed by atoms with E-state index in [1.165, 1.54) is 19.3 Å². The van der Waals surface area contributed by atoms with Crippen molar-refractivity contribution < 1.29 is 0 Å². The lowest BCUT2D eigenvalue weighted by molar-refractivity contribution is 0.0776. The Balaban J connectivity index is 0.000000810. The number of nitrogens with two attached hydrogens (primary N) is 1. The van der Waals surface area contributed by atoms with E-state index in [2.05, 4.69) is 13.8 Å². The summed E-state index contributed by atoms with van der Waals surface area (Å²) in [6, 6.07) is 0. The summed E-state index contributed by atoms with van der Waals surface area (Å²) in [7, 11) is 0. The topological polar surface area (TPSA) is 29.3 Å². The summed E-state index contributed by atoms with van der Waals surface area (Å²) in [6.07, 6.45) is 3.84. The zero-order valence-electron chi connectivity index (χ0n) is 6.76. The van der Waals surface area contributed by atoms with Gasteiger partial charge in [-0.2, -0.15) is 0 Å². The third-order valence-corrected chi connectivity index (χ3v) is 2.22. The summed E-state index contributed by atoms with van der Waals surface area (Å²) < 4.78 is 0. The zero-order valence-corrected chi connectivity index (χ0v) is 7.58. The minimum Gasteiger partial charge on any atom is -0.268 e. The summed E-state index contributed by atoms with van der Waals surface area (Å²) in [4.78, 5) is 0. The minimum atomic E-state index is 0. The molecule has 0 aliphatic carbocycles. The average molecular weight is 165 g/mol. The number of nitrogens with zero attached hydrogens (tertiary/aromatic N) is 1. The van der Waals surface area contributed by atoms with Crippen LogP contribution in [0.2, 0.25) is 0 Å². The fraction of sp³-hybridized carbons (Fsp3) is 1.00. The maximum absolute atomic E-state index is 5.75. The molecule has 0 spiro atoms. The monoisotopic (exact) mass is 164 g/mol. The van der Waals surface area contributed by atoms with Gasteiger partial charge in [-0.1, -0.05) is 6.42 Å². The van der Waals surface area contributed by atoms with Crippen molar-refractivity contribution in [3.8, 4) is 0 Å². The average Bonchev–Trinajstić information content (AvgIpc) is 1.77. The molecule has 0 aromatic heterocycles. The molecule has 10 heavy (non-hydrogen) atoms. The van der Waals surface area contributed by atoms with Gasteiger partial charge in [-0.3, -0.25) is 5.84 Å². The fourth-order valence-electron chi connectivity index (χ4n) is 1.29. The molecule has 1 rings (SSSR count). The van der Waals surface area contributed by atoms with Crippen LogP contribution in [0.5, 0.6) is 0 Å². The van der Waals surface area contributed by atoms with Crippen LogP contribution in [-0.2, 0) is 0 Å². The van der Waals surface area contributed by atoms with Crippen LogP contribution in [0.15, 0.2) is 0 Å². The van der Waals surface area contributed by atoms with Crippen molar-refractivity contribution in [1.29, 1.82) is 0 Å². The van der Waals surface area contributed by atoms with E-state index in [9.17, 15) is 0 Å². The molecule has 1 saturated heterocycles. The molecule has 1 fully saturated rings. The molecule has 0 unspecified atom stereocenters. The largest absolute Gasteiger partial charge is 0.268 e. The van der Waals surface area contributed by atoms with Crippen molar-refractivity contribution in [1.82, 2.24) is 5.01 Å². The number of rotatable bonds is 0. The van der Waals surface area contributed by atoms with Gasteiger partial charge in [-0.25, -0.2) is 5.01 Å². The predicted molar refractivity (Wildman–Crippen MR) is 46.1 cm³/mol. The number of piperidine rings is 1. The number of hydrogen-bond acceptors (Lipinski definition) is 2. The Morgan fingerprint density at radius 3 is 2.20 bits per heavy atom. The van der Waals surface area contributed by atoms with E-state index >= 15 is 0 Å². The van der Waals surface area contributed by atoms with Crippen molar-refractivity contribution in [2.75, 3.05) is 6.54 Å². The predicted octanol–water partition coefficient (Wildman–Crippen LogP) is 1.55. The molecule has 62 valence electrons. The molecular formula is C7H17ClN2. The fourth-order valence-corrected chi connectivity index (χ4v) is 1.29. The summed E-state index contributed by atoms with van der Waals surface area (Å²) in [6.45, 7) is 5.46. The first kappa shape index (κ1) is 10.2. The Hall–Kier alpha value is 0.210. The lowest BCUT2D eigenvalue weighted by Crippen LogP contribution is -2.51. The van der Waals surface area contributed by atoms with Crippen molar-refractivity contribution >= 4 is 12.4 Å². The number of hydrazine groups is 1. The molecule has 1 aliphatic heterocycles. The van der Waals surface area contributed by atoms with Crippen LogP contribution < -0.4 is 5.84 Å². The molecule has 0 amide bonds. The van der Waals surface area contributed by atoms with Gasteiger partial charge < -0.3 is 0 Å². The molecule has 0 saturated carbocycles. The maximum Gasteiger partial charge on any atom is 0.0295 e. The van der Waals surface area contributed by atoms with E-state index in [1.54, 1.807) is 0 Å². The molecule has 0 aromatic rings. The van der Waals surface area contributed by atoms with Crippen LogP contribution in [0.1, 0.15) is 33.1 Å². The SMILES string of the molecule is CC1(C)CCCCN1N.Cl. The third kappa shape index (κ3) is 2.11. The van der Waals surface area contributed by atoms with Crippen molar-refractivity contribution in [2.45, 2.75) is 38.6 Å². The number of hydrogen-bond donors (Lipinski definition) is 1. The quantitative estimate of drug-likeness (QED) is 0.551. The number of halogens is 1. The molecule has 0 atom stereocenters. The van der Waals surface area contributed by atoms with E-state index in [-0.39, 0.29) is 17.9 Å². The second kappa shape index (κ2) is 3.56. The van der Waals surface area contributed by atoms with E-state index in [0.717, 1.165) is 6.54 Å². The van der Waals surface area contributed by atoms with E-state index < -0.39 is 0 Å². The second-order valence-electron chi connectivity index (χ2n) is 3.46. The molecule has 1 heterocycles. The van der Waals surface area contributed by atoms with Crippen LogP contribution in [0.4, 0.5) is 0 Å². The first-order chi connectivity index (χ1) is 4.13. The van der Waals surface area contributed by atoms with Gasteiger partial charge >= 0.3 is 0 Å². The van der Waals surface area contributed by atoms with Crippen molar-refractivity contribution in [2.24, 2.45) is 5.84 Å². The maximum atomic E-state index is 5.75. The highest BCUT2D eigenvalue weighted by atomic mass is 35.5. The molecule has 0 bridgehead atoms. The first-order valence-corrected chi connectivity index (χ1v) is 3.65. The molecule has 2 nitrogen and oxygen atoms in total. The standard InChI is InChI=1S/C7H16N2.ClH/c1-7(2)5-3-4-6-9(7)8;/h3-6,8H2,1-2H3;1H. The van der Waals surface area contributed by atoms with E-state index in [4.69, 9.17) is 5.84 Å². The zero-order chi connectivity index (χ0) is 6.91. The lowest BCUT2D eigenvalue weighted by Gasteiger charge is -2.38. The van der Waals surface area contributed by atoms with Crippen LogP contribution >= 0.6 is 12.4 Å². The summed E-state index contributed by atoms with van der Waals surface area (Å²) in [5.74, 6) is 5.75. The third-order valence-electron chi connectivity index (χ3n) is 2.22. The molecule has 3 heteroatoms. The lowest BCUT2D eigenvalue weighted by atomic mass is 9.92. The van der Waals surface area contributed by atoms with Gasteiger partial charge in [-0.05, 0) is 26.7 Å². The van der Waals surface area contributed by atoms with Crippen LogP contribution in [0.25, 0.3) is 0 Å². The smallest absolute Gasteiger partial charge is 0.0295 e. The first-order valence-electron chi connectivity index (χ1n) is 3.65. The highest BCUT2D eigenvalue weighted by Gasteiger charge is 2.26. The Bertz CT molecular complexity index is 104. The van der Waals surface area contributed by atoms with Crippen LogP contribution in [-0.4, -0.2) is 17.1 Å². The van der Waals surface area contributed by atoms with E-state index in [0.29, 0.717) is 0 Å². The molecule has 0 aromatic carbocycles. The molecule has 2 N–H and O–H groups in total. The molecule has 0 radical (unpaired) electrons. The Morgan fingerprint density at radius 1 is 1.30 bits per heavy atom.